The molecule has 31 heavy (non-hydrogen) atoms. The molecule has 0 saturated carbocycles. The molecular weight excluding hydrogens is 429 g/mol. The molecule has 4 heterocycles. The van der Waals surface area contributed by atoms with E-state index in [0.717, 1.165) is 27.6 Å². The van der Waals surface area contributed by atoms with Gasteiger partial charge in [-0.1, -0.05) is 13.3 Å². The van der Waals surface area contributed by atoms with E-state index in [1.54, 1.807) is 11.3 Å². The average Bonchev–Trinajstić information content (AvgIpc) is 3.34. The van der Waals surface area contributed by atoms with Crippen molar-refractivity contribution in [3.05, 3.63) is 22.6 Å². The Kier molecular flexibility index (Phi) is 5.70. The van der Waals surface area contributed by atoms with Gasteiger partial charge in [-0.25, -0.2) is 4.98 Å². The summed E-state index contributed by atoms with van der Waals surface area (Å²) in [6.45, 7) is 3.23. The number of alkyl halides is 3. The number of halogens is 3. The van der Waals surface area contributed by atoms with E-state index in [1.807, 2.05) is 16.8 Å². The summed E-state index contributed by atoms with van der Waals surface area (Å²) in [6, 6.07) is 4.18. The summed E-state index contributed by atoms with van der Waals surface area (Å²) < 4.78 is 40.6. The van der Waals surface area contributed by atoms with Crippen LogP contribution in [0.1, 0.15) is 36.3 Å². The summed E-state index contributed by atoms with van der Waals surface area (Å²) in [5.74, 6) is 0.456. The number of hydrogen-bond acceptors (Lipinski definition) is 8. The maximum atomic E-state index is 13.2. The van der Waals surface area contributed by atoms with Crippen molar-refractivity contribution < 1.29 is 13.2 Å². The predicted octanol–water partition coefficient (Wildman–Crippen LogP) is 3.62. The maximum absolute atomic E-state index is 13.2. The number of aromatic nitrogens is 5. The predicted molar refractivity (Wildman–Crippen MR) is 111 cm³/mol. The molecule has 0 N–H and O–H groups in total. The Morgan fingerprint density at radius 1 is 1.26 bits per heavy atom. The summed E-state index contributed by atoms with van der Waals surface area (Å²) in [7, 11) is 1.82. The molecule has 12 heteroatoms. The zero-order valence-electron chi connectivity index (χ0n) is 17.1. The molecule has 3 aromatic rings. The van der Waals surface area contributed by atoms with Crippen molar-refractivity contribution in [1.82, 2.24) is 24.7 Å². The lowest BCUT2D eigenvalue weighted by molar-refractivity contribution is -0.147. The van der Waals surface area contributed by atoms with Gasteiger partial charge >= 0.3 is 6.18 Å². The first-order valence-electron chi connectivity index (χ1n) is 9.94. The van der Waals surface area contributed by atoms with E-state index in [0.29, 0.717) is 31.3 Å². The van der Waals surface area contributed by atoms with E-state index in [2.05, 4.69) is 34.2 Å². The number of nitriles is 1. The molecule has 0 saturated heterocycles. The van der Waals surface area contributed by atoms with Crippen molar-refractivity contribution in [1.29, 1.82) is 5.26 Å². The normalized spacial score (nSPS) is 14.0. The van der Waals surface area contributed by atoms with Gasteiger partial charge in [0, 0.05) is 31.6 Å². The summed E-state index contributed by atoms with van der Waals surface area (Å²) in [4.78, 5) is 15.2. The SMILES string of the molecule is CCCc1cc2c(N3CCn4c(nnc4C(F)(F)F)C3)nc(N(C)CCC#N)nc2s1. The Morgan fingerprint density at radius 2 is 2.06 bits per heavy atom. The average molecular weight is 450 g/mol. The van der Waals surface area contributed by atoms with Crippen LogP contribution in [0.3, 0.4) is 0 Å². The zero-order valence-corrected chi connectivity index (χ0v) is 18.0. The highest BCUT2D eigenvalue weighted by molar-refractivity contribution is 7.18. The van der Waals surface area contributed by atoms with E-state index in [-0.39, 0.29) is 18.9 Å². The molecule has 1 aliphatic heterocycles. The van der Waals surface area contributed by atoms with Gasteiger partial charge in [-0.15, -0.1) is 21.5 Å². The smallest absolute Gasteiger partial charge is 0.347 e. The van der Waals surface area contributed by atoms with Gasteiger partial charge in [0.15, 0.2) is 5.82 Å². The van der Waals surface area contributed by atoms with Crippen molar-refractivity contribution in [2.24, 2.45) is 0 Å². The number of aryl methyl sites for hydroxylation is 1. The van der Waals surface area contributed by atoms with Crippen LogP contribution < -0.4 is 9.80 Å². The third kappa shape index (κ3) is 4.14. The third-order valence-electron chi connectivity index (χ3n) is 5.11. The zero-order chi connectivity index (χ0) is 22.2. The van der Waals surface area contributed by atoms with Crippen LogP contribution in [0.15, 0.2) is 6.07 Å². The van der Waals surface area contributed by atoms with Gasteiger partial charge in [-0.2, -0.15) is 23.4 Å². The molecule has 0 aliphatic carbocycles. The highest BCUT2D eigenvalue weighted by Crippen LogP contribution is 2.36. The maximum Gasteiger partial charge on any atom is 0.451 e. The van der Waals surface area contributed by atoms with Crippen molar-refractivity contribution in [2.45, 2.75) is 45.5 Å². The minimum Gasteiger partial charge on any atom is -0.347 e. The first-order chi connectivity index (χ1) is 14.8. The topological polar surface area (TPSA) is 86.8 Å². The van der Waals surface area contributed by atoms with Crippen LogP contribution in [0, 0.1) is 11.3 Å². The summed E-state index contributed by atoms with van der Waals surface area (Å²) in [5.41, 5.74) is 0. The minimum atomic E-state index is -4.53. The summed E-state index contributed by atoms with van der Waals surface area (Å²) in [5, 5.41) is 16.9. The molecule has 1 aliphatic rings. The van der Waals surface area contributed by atoms with Crippen LogP contribution >= 0.6 is 11.3 Å². The number of hydrogen-bond donors (Lipinski definition) is 0. The highest BCUT2D eigenvalue weighted by Gasteiger charge is 2.39. The van der Waals surface area contributed by atoms with Gasteiger partial charge in [-0.05, 0) is 12.5 Å². The highest BCUT2D eigenvalue weighted by atomic mass is 32.1. The largest absolute Gasteiger partial charge is 0.451 e. The quantitative estimate of drug-likeness (QED) is 0.567. The Morgan fingerprint density at radius 3 is 2.77 bits per heavy atom. The van der Waals surface area contributed by atoms with E-state index in [9.17, 15) is 13.2 Å². The Labute approximate surface area is 180 Å². The molecule has 164 valence electrons. The monoisotopic (exact) mass is 450 g/mol. The van der Waals surface area contributed by atoms with E-state index in [1.165, 1.54) is 4.88 Å². The lowest BCUT2D eigenvalue weighted by Crippen LogP contribution is -2.36. The van der Waals surface area contributed by atoms with Crippen LogP contribution in [0.2, 0.25) is 0 Å². The first kappa shape index (κ1) is 21.3. The molecule has 0 atom stereocenters. The van der Waals surface area contributed by atoms with E-state index in [4.69, 9.17) is 10.2 Å². The fraction of sp³-hybridized carbons (Fsp3) is 0.526. The van der Waals surface area contributed by atoms with Gasteiger partial charge < -0.3 is 14.4 Å². The lowest BCUT2D eigenvalue weighted by atomic mass is 10.2. The molecule has 0 amide bonds. The second kappa shape index (κ2) is 8.30. The third-order valence-corrected chi connectivity index (χ3v) is 6.20. The molecule has 8 nitrogen and oxygen atoms in total. The van der Waals surface area contributed by atoms with Crippen molar-refractivity contribution in [3.63, 3.8) is 0 Å². The number of rotatable bonds is 6. The fourth-order valence-electron chi connectivity index (χ4n) is 3.59. The lowest BCUT2D eigenvalue weighted by Gasteiger charge is -2.30. The fourth-order valence-corrected chi connectivity index (χ4v) is 4.71. The van der Waals surface area contributed by atoms with Crippen LogP contribution in [0.4, 0.5) is 24.9 Å². The Bertz CT molecular complexity index is 1130. The number of anilines is 2. The number of fused-ring (bicyclic) bond motifs is 2. The van der Waals surface area contributed by atoms with Crippen LogP contribution in [0.25, 0.3) is 10.2 Å². The Hall–Kier alpha value is -2.94. The molecule has 3 aromatic heterocycles. The summed E-state index contributed by atoms with van der Waals surface area (Å²) >= 11 is 1.60. The molecule has 0 aromatic carbocycles. The summed E-state index contributed by atoms with van der Waals surface area (Å²) in [6.07, 6.45) is -2.28. The Balaban J connectivity index is 1.73. The standard InChI is InChI=1S/C19H21F3N8S/c1-3-5-12-10-13-15(24-18(25-16(13)31-12)28(2)7-4-6-23)29-8-9-30-14(11-29)26-27-17(30)19(20,21)22/h10H,3-5,7-9,11H2,1-2H3. The second-order valence-corrected chi connectivity index (χ2v) is 8.48. The number of nitrogens with zero attached hydrogens (tertiary/aromatic N) is 8. The number of thiophene rings is 1. The first-order valence-corrected chi connectivity index (χ1v) is 10.8. The van der Waals surface area contributed by atoms with Crippen LogP contribution in [-0.2, 0) is 25.7 Å². The van der Waals surface area contributed by atoms with Crippen molar-refractivity contribution in [2.75, 3.05) is 29.9 Å². The van der Waals surface area contributed by atoms with Gasteiger partial charge in [-0.3, -0.25) is 0 Å². The van der Waals surface area contributed by atoms with Crippen LogP contribution in [-0.4, -0.2) is 44.9 Å². The minimum absolute atomic E-state index is 0.119. The second-order valence-electron chi connectivity index (χ2n) is 7.37. The van der Waals surface area contributed by atoms with E-state index >= 15 is 0 Å². The molecular formula is C19H21F3N8S. The molecule has 0 spiro atoms. The van der Waals surface area contributed by atoms with Crippen molar-refractivity contribution >= 4 is 33.3 Å². The molecule has 0 fully saturated rings. The molecule has 0 radical (unpaired) electrons. The molecule has 0 unspecified atom stereocenters. The van der Waals surface area contributed by atoms with Crippen molar-refractivity contribution in [3.8, 4) is 6.07 Å². The van der Waals surface area contributed by atoms with Gasteiger partial charge in [0.25, 0.3) is 0 Å². The van der Waals surface area contributed by atoms with Gasteiger partial charge in [0.2, 0.25) is 11.8 Å². The van der Waals surface area contributed by atoms with E-state index < -0.39 is 12.0 Å². The van der Waals surface area contributed by atoms with Gasteiger partial charge in [0.05, 0.1) is 24.4 Å². The molecule has 4 rings (SSSR count). The van der Waals surface area contributed by atoms with Crippen LogP contribution in [0.5, 0.6) is 0 Å². The molecule has 0 bridgehead atoms. The van der Waals surface area contributed by atoms with Gasteiger partial charge in [0.1, 0.15) is 10.6 Å².